The molecule has 0 atom stereocenters. The molecular weight excluding hydrogens is 226 g/mol. The number of hydrogen-bond donors (Lipinski definition) is 1. The second kappa shape index (κ2) is 4.37. The lowest BCUT2D eigenvalue weighted by Crippen LogP contribution is -2.15. The molecule has 2 rings (SSSR count). The summed E-state index contributed by atoms with van der Waals surface area (Å²) in [7, 11) is 0. The van der Waals surface area contributed by atoms with Crippen molar-refractivity contribution in [3.8, 4) is 11.3 Å². The normalized spacial score (nSPS) is 11.6. The highest BCUT2D eigenvalue weighted by atomic mass is 16.1. The molecule has 0 saturated carbocycles. The first-order valence-electron chi connectivity index (χ1n) is 5.90. The van der Waals surface area contributed by atoms with E-state index in [2.05, 4.69) is 35.7 Å². The molecule has 0 fully saturated rings. The number of aryl methyl sites for hydroxylation is 1. The molecule has 2 aromatic heterocycles. The molecule has 0 amide bonds. The standard InChI is InChI=1S/C14H17N3O/c1-9-5-11(18)6-12(17-9)10-7-15-13(16-8-10)14(2,3)4/h5-8H,1-4H3,(H,17,18). The van der Waals surface area contributed by atoms with Crippen LogP contribution in [0.3, 0.4) is 0 Å². The minimum Gasteiger partial charge on any atom is -0.358 e. The van der Waals surface area contributed by atoms with Gasteiger partial charge < -0.3 is 4.98 Å². The van der Waals surface area contributed by atoms with E-state index >= 15 is 0 Å². The van der Waals surface area contributed by atoms with Crippen LogP contribution in [0, 0.1) is 6.92 Å². The zero-order valence-corrected chi connectivity index (χ0v) is 11.1. The monoisotopic (exact) mass is 243 g/mol. The molecule has 2 heterocycles. The highest BCUT2D eigenvalue weighted by Gasteiger charge is 2.16. The van der Waals surface area contributed by atoms with E-state index in [1.807, 2.05) is 6.92 Å². The lowest BCUT2D eigenvalue weighted by molar-refractivity contribution is 0.545. The predicted molar refractivity (Wildman–Crippen MR) is 71.5 cm³/mol. The third-order valence-electron chi connectivity index (χ3n) is 2.61. The van der Waals surface area contributed by atoms with E-state index in [1.165, 1.54) is 0 Å². The minimum absolute atomic E-state index is 0.0128. The lowest BCUT2D eigenvalue weighted by Gasteiger charge is -2.16. The van der Waals surface area contributed by atoms with Crippen LogP contribution in [0.2, 0.25) is 0 Å². The van der Waals surface area contributed by atoms with Crippen molar-refractivity contribution >= 4 is 0 Å². The molecule has 0 radical (unpaired) electrons. The van der Waals surface area contributed by atoms with Crippen LogP contribution in [-0.2, 0) is 5.41 Å². The lowest BCUT2D eigenvalue weighted by atomic mass is 9.96. The molecule has 0 bridgehead atoms. The quantitative estimate of drug-likeness (QED) is 0.836. The van der Waals surface area contributed by atoms with Gasteiger partial charge in [0.25, 0.3) is 0 Å². The van der Waals surface area contributed by atoms with E-state index < -0.39 is 0 Å². The fourth-order valence-corrected chi connectivity index (χ4v) is 1.69. The zero-order valence-electron chi connectivity index (χ0n) is 11.1. The summed E-state index contributed by atoms with van der Waals surface area (Å²) >= 11 is 0. The molecule has 0 aliphatic heterocycles. The van der Waals surface area contributed by atoms with Crippen molar-refractivity contribution < 1.29 is 0 Å². The van der Waals surface area contributed by atoms with Gasteiger partial charge in [0.1, 0.15) is 5.82 Å². The Morgan fingerprint density at radius 1 is 1.11 bits per heavy atom. The number of aromatic amines is 1. The van der Waals surface area contributed by atoms with E-state index in [0.717, 1.165) is 22.8 Å². The summed E-state index contributed by atoms with van der Waals surface area (Å²) in [5.74, 6) is 0.793. The van der Waals surface area contributed by atoms with E-state index in [4.69, 9.17) is 0 Å². The Morgan fingerprint density at radius 2 is 1.72 bits per heavy atom. The van der Waals surface area contributed by atoms with Crippen molar-refractivity contribution in [3.05, 3.63) is 46.3 Å². The minimum atomic E-state index is -0.0709. The van der Waals surface area contributed by atoms with Gasteiger partial charge in [0, 0.05) is 41.2 Å². The van der Waals surface area contributed by atoms with Gasteiger partial charge in [0.15, 0.2) is 5.43 Å². The highest BCUT2D eigenvalue weighted by molar-refractivity contribution is 5.56. The zero-order chi connectivity index (χ0) is 13.3. The average molecular weight is 243 g/mol. The van der Waals surface area contributed by atoms with E-state index in [9.17, 15) is 4.79 Å². The van der Waals surface area contributed by atoms with Crippen LogP contribution in [0.15, 0.2) is 29.3 Å². The Labute approximate surface area is 106 Å². The first-order valence-corrected chi connectivity index (χ1v) is 5.90. The second-order valence-electron chi connectivity index (χ2n) is 5.46. The molecule has 2 aromatic rings. The third kappa shape index (κ3) is 2.64. The van der Waals surface area contributed by atoms with Crippen LogP contribution in [0.5, 0.6) is 0 Å². The number of nitrogens with one attached hydrogen (secondary N) is 1. The molecule has 0 aliphatic carbocycles. The van der Waals surface area contributed by atoms with Crippen molar-refractivity contribution in [2.24, 2.45) is 0 Å². The maximum atomic E-state index is 11.4. The van der Waals surface area contributed by atoms with Crippen LogP contribution >= 0.6 is 0 Å². The van der Waals surface area contributed by atoms with Gasteiger partial charge in [-0.2, -0.15) is 0 Å². The van der Waals surface area contributed by atoms with Gasteiger partial charge in [-0.25, -0.2) is 9.97 Å². The Balaban J connectivity index is 2.43. The molecule has 0 saturated heterocycles. The van der Waals surface area contributed by atoms with Gasteiger partial charge in [-0.3, -0.25) is 4.79 Å². The van der Waals surface area contributed by atoms with Crippen LogP contribution in [0.4, 0.5) is 0 Å². The van der Waals surface area contributed by atoms with E-state index in [0.29, 0.717) is 0 Å². The Kier molecular flexibility index (Phi) is 3.03. The van der Waals surface area contributed by atoms with Gasteiger partial charge in [0.2, 0.25) is 0 Å². The first-order chi connectivity index (χ1) is 8.36. The van der Waals surface area contributed by atoms with Gasteiger partial charge in [-0.1, -0.05) is 20.8 Å². The number of H-pyrrole nitrogens is 1. The summed E-state index contributed by atoms with van der Waals surface area (Å²) < 4.78 is 0. The maximum absolute atomic E-state index is 11.4. The van der Waals surface area contributed by atoms with Crippen molar-refractivity contribution in [3.63, 3.8) is 0 Å². The van der Waals surface area contributed by atoms with Crippen molar-refractivity contribution in [2.75, 3.05) is 0 Å². The van der Waals surface area contributed by atoms with Gasteiger partial charge in [0.05, 0.1) is 5.69 Å². The Bertz CT molecular complexity index is 606. The van der Waals surface area contributed by atoms with Gasteiger partial charge >= 0.3 is 0 Å². The van der Waals surface area contributed by atoms with Crippen molar-refractivity contribution in [1.29, 1.82) is 0 Å². The fourth-order valence-electron chi connectivity index (χ4n) is 1.69. The number of nitrogens with zero attached hydrogens (tertiary/aromatic N) is 2. The average Bonchev–Trinajstić information content (AvgIpc) is 2.27. The Hall–Kier alpha value is -1.97. The summed E-state index contributed by atoms with van der Waals surface area (Å²) in [6.07, 6.45) is 3.50. The van der Waals surface area contributed by atoms with Gasteiger partial charge in [-0.15, -0.1) is 0 Å². The summed E-state index contributed by atoms with van der Waals surface area (Å²) in [6.45, 7) is 8.05. The summed E-state index contributed by atoms with van der Waals surface area (Å²) in [5, 5.41) is 0. The summed E-state index contributed by atoms with van der Waals surface area (Å²) in [5.41, 5.74) is 2.32. The number of pyridine rings is 1. The highest BCUT2D eigenvalue weighted by Crippen LogP contribution is 2.20. The van der Waals surface area contributed by atoms with Crippen LogP contribution in [0.1, 0.15) is 32.3 Å². The van der Waals surface area contributed by atoms with E-state index in [1.54, 1.807) is 24.5 Å². The fraction of sp³-hybridized carbons (Fsp3) is 0.357. The second-order valence-corrected chi connectivity index (χ2v) is 5.46. The summed E-state index contributed by atoms with van der Waals surface area (Å²) in [4.78, 5) is 23.3. The molecule has 0 aromatic carbocycles. The number of rotatable bonds is 1. The van der Waals surface area contributed by atoms with Gasteiger partial charge in [-0.05, 0) is 6.92 Å². The van der Waals surface area contributed by atoms with E-state index in [-0.39, 0.29) is 10.8 Å². The van der Waals surface area contributed by atoms with Crippen LogP contribution < -0.4 is 5.43 Å². The summed E-state index contributed by atoms with van der Waals surface area (Å²) in [6, 6.07) is 3.12. The van der Waals surface area contributed by atoms with Crippen LogP contribution in [0.25, 0.3) is 11.3 Å². The molecule has 18 heavy (non-hydrogen) atoms. The first kappa shape index (κ1) is 12.5. The molecule has 4 nitrogen and oxygen atoms in total. The van der Waals surface area contributed by atoms with Crippen LogP contribution in [-0.4, -0.2) is 15.0 Å². The topological polar surface area (TPSA) is 58.6 Å². The smallest absolute Gasteiger partial charge is 0.182 e. The molecule has 0 spiro atoms. The van der Waals surface area contributed by atoms with Crippen molar-refractivity contribution in [2.45, 2.75) is 33.1 Å². The molecule has 94 valence electrons. The predicted octanol–water partition coefficient (Wildman–Crippen LogP) is 2.44. The largest absolute Gasteiger partial charge is 0.358 e. The Morgan fingerprint density at radius 3 is 2.22 bits per heavy atom. The maximum Gasteiger partial charge on any atom is 0.182 e. The molecule has 1 N–H and O–H groups in total. The van der Waals surface area contributed by atoms with Crippen molar-refractivity contribution in [1.82, 2.24) is 15.0 Å². The number of aromatic nitrogens is 3. The third-order valence-corrected chi connectivity index (χ3v) is 2.61. The SMILES string of the molecule is Cc1cc(=O)cc(-c2cnc(C(C)(C)C)nc2)[nH]1. The molecule has 0 unspecified atom stereocenters. The molecule has 4 heteroatoms. The molecule has 0 aliphatic rings. The number of hydrogen-bond acceptors (Lipinski definition) is 3. The molecular formula is C14H17N3O.